The zero-order chi connectivity index (χ0) is 12.1. The SMILES string of the molecule is CCC(NCc1ccc(O)cn1)c1nccs1. The fourth-order valence-corrected chi connectivity index (χ4v) is 2.36. The molecular weight excluding hydrogens is 234 g/mol. The molecule has 0 spiro atoms. The molecule has 90 valence electrons. The Morgan fingerprint density at radius 1 is 1.41 bits per heavy atom. The van der Waals surface area contributed by atoms with E-state index >= 15 is 0 Å². The summed E-state index contributed by atoms with van der Waals surface area (Å²) in [7, 11) is 0. The zero-order valence-corrected chi connectivity index (χ0v) is 10.4. The summed E-state index contributed by atoms with van der Waals surface area (Å²) < 4.78 is 0. The maximum atomic E-state index is 9.14. The second-order valence-electron chi connectivity index (χ2n) is 3.72. The number of aromatic nitrogens is 2. The van der Waals surface area contributed by atoms with Crippen LogP contribution in [0.2, 0.25) is 0 Å². The summed E-state index contributed by atoms with van der Waals surface area (Å²) >= 11 is 1.66. The van der Waals surface area contributed by atoms with Crippen LogP contribution in [-0.2, 0) is 6.54 Å². The molecule has 0 aliphatic carbocycles. The van der Waals surface area contributed by atoms with Gasteiger partial charge in [0.1, 0.15) is 10.8 Å². The summed E-state index contributed by atoms with van der Waals surface area (Å²) in [6, 6.07) is 3.73. The van der Waals surface area contributed by atoms with E-state index < -0.39 is 0 Å². The van der Waals surface area contributed by atoms with Gasteiger partial charge in [0.2, 0.25) is 0 Å². The Bertz CT molecular complexity index is 441. The predicted octanol–water partition coefficient (Wildman–Crippen LogP) is 2.48. The summed E-state index contributed by atoms with van der Waals surface area (Å²) in [6.07, 6.45) is 4.27. The minimum atomic E-state index is 0.195. The second kappa shape index (κ2) is 5.75. The number of nitrogens with one attached hydrogen (secondary N) is 1. The smallest absolute Gasteiger partial charge is 0.133 e. The molecule has 0 radical (unpaired) electrons. The number of nitrogens with zero attached hydrogens (tertiary/aromatic N) is 2. The fourth-order valence-electron chi connectivity index (χ4n) is 1.56. The van der Waals surface area contributed by atoms with Crippen LogP contribution in [0.15, 0.2) is 29.9 Å². The third-order valence-electron chi connectivity index (χ3n) is 2.50. The molecule has 2 aromatic heterocycles. The highest BCUT2D eigenvalue weighted by Gasteiger charge is 2.11. The molecule has 0 aliphatic rings. The van der Waals surface area contributed by atoms with Gasteiger partial charge in [-0.05, 0) is 18.6 Å². The molecule has 17 heavy (non-hydrogen) atoms. The van der Waals surface area contributed by atoms with Gasteiger partial charge in [-0.1, -0.05) is 6.92 Å². The summed E-state index contributed by atoms with van der Waals surface area (Å²) in [5, 5.41) is 15.6. The number of hydrogen-bond donors (Lipinski definition) is 2. The van der Waals surface area contributed by atoms with Gasteiger partial charge in [0.15, 0.2) is 0 Å². The molecule has 1 atom stereocenters. The van der Waals surface area contributed by atoms with Crippen molar-refractivity contribution in [3.05, 3.63) is 40.6 Å². The highest BCUT2D eigenvalue weighted by atomic mass is 32.1. The minimum Gasteiger partial charge on any atom is -0.506 e. The number of hydrogen-bond acceptors (Lipinski definition) is 5. The normalized spacial score (nSPS) is 12.5. The Morgan fingerprint density at radius 3 is 2.88 bits per heavy atom. The van der Waals surface area contributed by atoms with Crippen molar-refractivity contribution in [3.63, 3.8) is 0 Å². The first-order valence-corrected chi connectivity index (χ1v) is 6.44. The van der Waals surface area contributed by atoms with Crippen LogP contribution in [0.5, 0.6) is 5.75 Å². The Morgan fingerprint density at radius 2 is 2.29 bits per heavy atom. The van der Waals surface area contributed by atoms with E-state index in [1.54, 1.807) is 17.4 Å². The maximum absolute atomic E-state index is 9.14. The molecule has 2 aromatic rings. The molecule has 4 nitrogen and oxygen atoms in total. The quantitative estimate of drug-likeness (QED) is 0.854. The predicted molar refractivity (Wildman–Crippen MR) is 67.9 cm³/mol. The van der Waals surface area contributed by atoms with Gasteiger partial charge in [0.25, 0.3) is 0 Å². The van der Waals surface area contributed by atoms with Crippen molar-refractivity contribution >= 4 is 11.3 Å². The summed E-state index contributed by atoms with van der Waals surface area (Å²) in [5.74, 6) is 0.195. The second-order valence-corrected chi connectivity index (χ2v) is 4.65. The Balaban J connectivity index is 1.94. The number of thiazole rings is 1. The Labute approximate surface area is 104 Å². The van der Waals surface area contributed by atoms with Crippen LogP contribution in [0.4, 0.5) is 0 Å². The molecule has 1 unspecified atom stereocenters. The lowest BCUT2D eigenvalue weighted by Crippen LogP contribution is -2.20. The molecule has 2 N–H and O–H groups in total. The first-order chi connectivity index (χ1) is 8.29. The number of rotatable bonds is 5. The molecule has 0 aliphatic heterocycles. The molecule has 0 fully saturated rings. The molecule has 0 saturated heterocycles. The van der Waals surface area contributed by atoms with Gasteiger partial charge in [-0.3, -0.25) is 4.98 Å². The zero-order valence-electron chi connectivity index (χ0n) is 9.63. The molecule has 5 heteroatoms. The van der Waals surface area contributed by atoms with E-state index in [1.807, 2.05) is 17.6 Å². The van der Waals surface area contributed by atoms with E-state index in [2.05, 4.69) is 22.2 Å². The van der Waals surface area contributed by atoms with Crippen molar-refractivity contribution in [1.82, 2.24) is 15.3 Å². The third-order valence-corrected chi connectivity index (χ3v) is 3.39. The van der Waals surface area contributed by atoms with Crippen molar-refractivity contribution in [2.75, 3.05) is 0 Å². The molecule has 0 bridgehead atoms. The Kier molecular flexibility index (Phi) is 4.06. The topological polar surface area (TPSA) is 58.0 Å². The largest absolute Gasteiger partial charge is 0.506 e. The molecule has 2 rings (SSSR count). The lowest BCUT2D eigenvalue weighted by molar-refractivity contribution is 0.470. The molecular formula is C12H15N3OS. The van der Waals surface area contributed by atoms with Crippen molar-refractivity contribution in [1.29, 1.82) is 0 Å². The Hall–Kier alpha value is -1.46. The number of aromatic hydroxyl groups is 1. The fraction of sp³-hybridized carbons (Fsp3) is 0.333. The monoisotopic (exact) mass is 249 g/mol. The van der Waals surface area contributed by atoms with Crippen LogP contribution in [0, 0.1) is 0 Å². The minimum absolute atomic E-state index is 0.195. The third kappa shape index (κ3) is 3.25. The van der Waals surface area contributed by atoms with Gasteiger partial charge in [0.05, 0.1) is 17.9 Å². The number of pyridine rings is 1. The van der Waals surface area contributed by atoms with E-state index in [4.69, 9.17) is 5.11 Å². The average molecular weight is 249 g/mol. The lowest BCUT2D eigenvalue weighted by Gasteiger charge is -2.13. The highest BCUT2D eigenvalue weighted by Crippen LogP contribution is 2.19. The van der Waals surface area contributed by atoms with Gasteiger partial charge in [-0.15, -0.1) is 11.3 Å². The summed E-state index contributed by atoms with van der Waals surface area (Å²) in [4.78, 5) is 8.45. The van der Waals surface area contributed by atoms with Crippen LogP contribution >= 0.6 is 11.3 Å². The van der Waals surface area contributed by atoms with E-state index in [0.29, 0.717) is 6.54 Å². The van der Waals surface area contributed by atoms with Crippen LogP contribution < -0.4 is 5.32 Å². The van der Waals surface area contributed by atoms with Gasteiger partial charge >= 0.3 is 0 Å². The lowest BCUT2D eigenvalue weighted by atomic mass is 10.2. The molecule has 0 aromatic carbocycles. The van der Waals surface area contributed by atoms with Crippen LogP contribution in [0.25, 0.3) is 0 Å². The van der Waals surface area contributed by atoms with E-state index in [0.717, 1.165) is 17.1 Å². The van der Waals surface area contributed by atoms with E-state index in [-0.39, 0.29) is 11.8 Å². The maximum Gasteiger partial charge on any atom is 0.133 e. The average Bonchev–Trinajstić information content (AvgIpc) is 2.86. The molecule has 0 amide bonds. The van der Waals surface area contributed by atoms with Crippen molar-refractivity contribution in [3.8, 4) is 5.75 Å². The van der Waals surface area contributed by atoms with Crippen LogP contribution in [0.1, 0.15) is 30.1 Å². The highest BCUT2D eigenvalue weighted by molar-refractivity contribution is 7.09. The first kappa shape index (κ1) is 12.0. The van der Waals surface area contributed by atoms with Crippen molar-refractivity contribution in [2.45, 2.75) is 25.9 Å². The standard InChI is InChI=1S/C12H15N3OS/c1-2-11(12-13-5-6-17-12)15-7-9-3-4-10(16)8-14-9/h3-6,8,11,15-16H,2,7H2,1H3. The van der Waals surface area contributed by atoms with Crippen LogP contribution in [0.3, 0.4) is 0 Å². The first-order valence-electron chi connectivity index (χ1n) is 5.56. The summed E-state index contributed by atoms with van der Waals surface area (Å²) in [5.41, 5.74) is 0.915. The van der Waals surface area contributed by atoms with Crippen molar-refractivity contribution < 1.29 is 5.11 Å². The van der Waals surface area contributed by atoms with E-state index in [9.17, 15) is 0 Å². The van der Waals surface area contributed by atoms with Crippen molar-refractivity contribution in [2.24, 2.45) is 0 Å². The van der Waals surface area contributed by atoms with Gasteiger partial charge in [-0.2, -0.15) is 0 Å². The van der Waals surface area contributed by atoms with Gasteiger partial charge in [-0.25, -0.2) is 4.98 Å². The van der Waals surface area contributed by atoms with Gasteiger partial charge in [0, 0.05) is 18.1 Å². The van der Waals surface area contributed by atoms with Gasteiger partial charge < -0.3 is 10.4 Å². The van der Waals surface area contributed by atoms with Crippen LogP contribution in [-0.4, -0.2) is 15.1 Å². The molecule has 0 saturated carbocycles. The summed E-state index contributed by atoms with van der Waals surface area (Å²) in [6.45, 7) is 2.81. The molecule has 2 heterocycles. The van der Waals surface area contributed by atoms with E-state index in [1.165, 1.54) is 6.20 Å².